The SMILES string of the molecule is CNCCOc1nc(C=NCc2cccc(C(N)=O)c2)nc(N2CCOCC2)n1. The number of hydrogen-bond donors (Lipinski definition) is 2. The first kappa shape index (κ1) is 20.6. The van der Waals surface area contributed by atoms with E-state index in [0.717, 1.165) is 5.56 Å². The van der Waals surface area contributed by atoms with Gasteiger partial charge in [0.15, 0.2) is 5.82 Å². The summed E-state index contributed by atoms with van der Waals surface area (Å²) in [4.78, 5) is 31.0. The van der Waals surface area contributed by atoms with E-state index < -0.39 is 5.91 Å². The average Bonchev–Trinajstić information content (AvgIpc) is 2.75. The Morgan fingerprint density at radius 1 is 1.34 bits per heavy atom. The van der Waals surface area contributed by atoms with Gasteiger partial charge in [0, 0.05) is 25.2 Å². The molecular weight excluding hydrogens is 374 g/mol. The molecule has 2 heterocycles. The number of amides is 1. The average molecular weight is 399 g/mol. The van der Waals surface area contributed by atoms with E-state index in [9.17, 15) is 4.79 Å². The zero-order valence-electron chi connectivity index (χ0n) is 16.4. The first-order valence-corrected chi connectivity index (χ1v) is 9.40. The van der Waals surface area contributed by atoms with Crippen LogP contribution in [0.4, 0.5) is 5.95 Å². The third-order valence-corrected chi connectivity index (χ3v) is 4.19. The van der Waals surface area contributed by atoms with Crippen molar-refractivity contribution >= 4 is 18.1 Å². The molecule has 1 aliphatic heterocycles. The van der Waals surface area contributed by atoms with Crippen LogP contribution in [0.1, 0.15) is 21.7 Å². The Hall–Kier alpha value is -3.11. The molecule has 29 heavy (non-hydrogen) atoms. The van der Waals surface area contributed by atoms with Crippen LogP contribution in [-0.4, -0.2) is 73.6 Å². The molecule has 1 amide bonds. The zero-order valence-corrected chi connectivity index (χ0v) is 16.4. The van der Waals surface area contributed by atoms with Gasteiger partial charge in [0.2, 0.25) is 11.9 Å². The number of aliphatic imine (C=N–C) groups is 1. The quantitative estimate of drug-likeness (QED) is 0.446. The predicted octanol–water partition coefficient (Wildman–Crippen LogP) is 0.0244. The number of nitrogens with two attached hydrogens (primary N) is 1. The van der Waals surface area contributed by atoms with Crippen molar-refractivity contribution in [2.24, 2.45) is 10.7 Å². The Kier molecular flexibility index (Phi) is 7.42. The molecule has 1 aliphatic rings. The molecule has 2 aromatic rings. The van der Waals surface area contributed by atoms with Crippen LogP contribution in [0.15, 0.2) is 29.3 Å². The molecule has 1 fully saturated rings. The highest BCUT2D eigenvalue weighted by Gasteiger charge is 2.16. The van der Waals surface area contributed by atoms with Crippen LogP contribution >= 0.6 is 0 Å². The monoisotopic (exact) mass is 399 g/mol. The summed E-state index contributed by atoms with van der Waals surface area (Å²) in [6.07, 6.45) is 1.58. The molecule has 1 aromatic carbocycles. The van der Waals surface area contributed by atoms with Gasteiger partial charge in [0.25, 0.3) is 0 Å². The van der Waals surface area contributed by atoms with E-state index in [1.165, 1.54) is 0 Å². The molecule has 3 rings (SSSR count). The summed E-state index contributed by atoms with van der Waals surface area (Å²) in [6.45, 7) is 4.16. The summed E-state index contributed by atoms with van der Waals surface area (Å²) in [5.41, 5.74) is 6.64. The Labute approximate surface area is 169 Å². The molecule has 0 aliphatic carbocycles. The number of carbonyl (C=O) groups excluding carboxylic acids is 1. The van der Waals surface area contributed by atoms with Crippen LogP contribution in [0, 0.1) is 0 Å². The maximum Gasteiger partial charge on any atom is 0.321 e. The summed E-state index contributed by atoms with van der Waals surface area (Å²) >= 11 is 0. The van der Waals surface area contributed by atoms with E-state index in [0.29, 0.717) is 63.3 Å². The maximum atomic E-state index is 11.3. The van der Waals surface area contributed by atoms with Crippen molar-refractivity contribution in [2.75, 3.05) is 51.4 Å². The Morgan fingerprint density at radius 2 is 2.17 bits per heavy atom. The number of ether oxygens (including phenoxy) is 2. The number of benzene rings is 1. The number of primary amides is 1. The molecular formula is C19H25N7O3. The Balaban J connectivity index is 1.75. The van der Waals surface area contributed by atoms with Crippen molar-refractivity contribution in [1.82, 2.24) is 20.3 Å². The lowest BCUT2D eigenvalue weighted by Crippen LogP contribution is -2.37. The highest BCUT2D eigenvalue weighted by molar-refractivity contribution is 5.92. The first-order chi connectivity index (χ1) is 14.2. The number of morpholine rings is 1. The molecule has 0 saturated carbocycles. The van der Waals surface area contributed by atoms with Gasteiger partial charge >= 0.3 is 6.01 Å². The first-order valence-electron chi connectivity index (χ1n) is 9.40. The second kappa shape index (κ2) is 10.4. The number of nitrogens with zero attached hydrogens (tertiary/aromatic N) is 5. The molecule has 0 spiro atoms. The molecule has 0 unspecified atom stereocenters. The second-order valence-corrected chi connectivity index (χ2v) is 6.36. The smallest absolute Gasteiger partial charge is 0.321 e. The predicted molar refractivity (Wildman–Crippen MR) is 109 cm³/mol. The molecule has 0 radical (unpaired) electrons. The lowest BCUT2D eigenvalue weighted by Gasteiger charge is -2.26. The van der Waals surface area contributed by atoms with Gasteiger partial charge in [-0.05, 0) is 24.7 Å². The number of hydrogen-bond acceptors (Lipinski definition) is 9. The minimum atomic E-state index is -0.466. The normalized spacial score (nSPS) is 14.3. The molecule has 10 heteroatoms. The minimum absolute atomic E-state index is 0.258. The summed E-state index contributed by atoms with van der Waals surface area (Å²) < 4.78 is 11.0. The van der Waals surface area contributed by atoms with Crippen molar-refractivity contribution in [3.05, 3.63) is 41.2 Å². The largest absolute Gasteiger partial charge is 0.462 e. The van der Waals surface area contributed by atoms with Crippen molar-refractivity contribution in [2.45, 2.75) is 6.54 Å². The number of aromatic nitrogens is 3. The number of anilines is 1. The van der Waals surface area contributed by atoms with E-state index in [1.54, 1.807) is 24.4 Å². The van der Waals surface area contributed by atoms with Crippen molar-refractivity contribution in [3.8, 4) is 6.01 Å². The third-order valence-electron chi connectivity index (χ3n) is 4.19. The van der Waals surface area contributed by atoms with Crippen LogP contribution in [0.2, 0.25) is 0 Å². The highest BCUT2D eigenvalue weighted by Crippen LogP contribution is 2.14. The Morgan fingerprint density at radius 3 is 2.93 bits per heavy atom. The molecule has 0 bridgehead atoms. The fraction of sp³-hybridized carbons (Fsp3) is 0.421. The topological polar surface area (TPSA) is 128 Å². The lowest BCUT2D eigenvalue weighted by molar-refractivity contribution is 0.1000. The van der Waals surface area contributed by atoms with E-state index in [-0.39, 0.29) is 6.01 Å². The van der Waals surface area contributed by atoms with Gasteiger partial charge in [-0.15, -0.1) is 0 Å². The molecule has 1 aromatic heterocycles. The molecule has 154 valence electrons. The van der Waals surface area contributed by atoms with Gasteiger partial charge in [-0.1, -0.05) is 12.1 Å². The van der Waals surface area contributed by atoms with Gasteiger partial charge in [-0.3, -0.25) is 9.79 Å². The van der Waals surface area contributed by atoms with Gasteiger partial charge in [-0.25, -0.2) is 0 Å². The van der Waals surface area contributed by atoms with E-state index in [1.807, 2.05) is 18.0 Å². The van der Waals surface area contributed by atoms with Gasteiger partial charge in [0.05, 0.1) is 26.0 Å². The van der Waals surface area contributed by atoms with Crippen LogP contribution in [0.25, 0.3) is 0 Å². The summed E-state index contributed by atoms with van der Waals surface area (Å²) in [5.74, 6) is 0.485. The Bertz CT molecular complexity index is 853. The van der Waals surface area contributed by atoms with Crippen LogP contribution in [0.3, 0.4) is 0 Å². The van der Waals surface area contributed by atoms with Crippen LogP contribution < -0.4 is 20.7 Å². The molecule has 1 saturated heterocycles. The van der Waals surface area contributed by atoms with Crippen molar-refractivity contribution in [1.29, 1.82) is 0 Å². The van der Waals surface area contributed by atoms with Gasteiger partial charge in [-0.2, -0.15) is 15.0 Å². The van der Waals surface area contributed by atoms with E-state index in [4.69, 9.17) is 15.2 Å². The molecule has 0 atom stereocenters. The highest BCUT2D eigenvalue weighted by atomic mass is 16.5. The molecule has 10 nitrogen and oxygen atoms in total. The van der Waals surface area contributed by atoms with E-state index in [2.05, 4.69) is 25.3 Å². The summed E-state index contributed by atoms with van der Waals surface area (Å²) in [6, 6.07) is 7.30. The van der Waals surface area contributed by atoms with Gasteiger partial charge < -0.3 is 25.4 Å². The standard InChI is InChI=1S/C19H25N7O3/c1-21-5-8-29-19-24-16(23-18(25-19)26-6-9-28-10-7-26)13-22-12-14-3-2-4-15(11-14)17(20)27/h2-4,11,13,21H,5-10,12H2,1H3,(H2,20,27). The third kappa shape index (κ3) is 6.19. The second-order valence-electron chi connectivity index (χ2n) is 6.36. The summed E-state index contributed by atoms with van der Waals surface area (Å²) in [7, 11) is 1.85. The lowest BCUT2D eigenvalue weighted by atomic mass is 10.1. The maximum absolute atomic E-state index is 11.3. The summed E-state index contributed by atoms with van der Waals surface area (Å²) in [5, 5.41) is 3.01. The number of rotatable bonds is 9. The number of likely N-dealkylation sites (N-methyl/N-ethyl adjacent to an activating group) is 1. The van der Waals surface area contributed by atoms with E-state index >= 15 is 0 Å². The van der Waals surface area contributed by atoms with Crippen LogP contribution in [0.5, 0.6) is 6.01 Å². The number of carbonyl (C=O) groups is 1. The molecule has 3 N–H and O–H groups in total. The zero-order chi connectivity index (χ0) is 20.5. The fourth-order valence-corrected chi connectivity index (χ4v) is 2.69. The van der Waals surface area contributed by atoms with Crippen LogP contribution in [-0.2, 0) is 11.3 Å². The fourth-order valence-electron chi connectivity index (χ4n) is 2.69. The van der Waals surface area contributed by atoms with Crippen molar-refractivity contribution in [3.63, 3.8) is 0 Å². The van der Waals surface area contributed by atoms with Crippen molar-refractivity contribution < 1.29 is 14.3 Å². The number of nitrogens with one attached hydrogen (secondary N) is 1. The minimum Gasteiger partial charge on any atom is -0.462 e. The van der Waals surface area contributed by atoms with Gasteiger partial charge in [0.1, 0.15) is 6.61 Å².